The molecule has 0 saturated carbocycles. The van der Waals surface area contributed by atoms with E-state index in [1.165, 1.54) is 36.6 Å². The molecule has 36 heavy (non-hydrogen) atoms. The number of nitrogens with zero attached hydrogens (tertiary/aromatic N) is 2. The zero-order chi connectivity index (χ0) is 25.7. The van der Waals surface area contributed by atoms with Crippen LogP contribution in [0.2, 0.25) is 0 Å². The first-order chi connectivity index (χ1) is 17.3. The van der Waals surface area contributed by atoms with Gasteiger partial charge in [-0.2, -0.15) is 4.99 Å². The summed E-state index contributed by atoms with van der Waals surface area (Å²) in [6.07, 6.45) is 0. The standard InChI is InChI=1S/C25H24BrN3O5S2/c1-3-34-14-13-29-22-12-7-18(26)16-23(22)35-25(29)27-24(30)17-5-4-6-19(15-17)28-36(31,32)21-10-8-20(33-2)9-11-21/h4-12,15-16,28H,3,13-14H2,1-2H3. The average molecular weight is 591 g/mol. The van der Waals surface area contributed by atoms with Gasteiger partial charge in [0.1, 0.15) is 5.75 Å². The molecule has 0 aliphatic rings. The average Bonchev–Trinajstić information content (AvgIpc) is 3.19. The van der Waals surface area contributed by atoms with Gasteiger partial charge in [0.05, 0.1) is 28.8 Å². The summed E-state index contributed by atoms with van der Waals surface area (Å²) in [5.41, 5.74) is 1.48. The lowest BCUT2D eigenvalue weighted by Crippen LogP contribution is -2.20. The molecular formula is C25H24BrN3O5S2. The Labute approximate surface area is 221 Å². The number of thiazole rings is 1. The predicted molar refractivity (Wildman–Crippen MR) is 144 cm³/mol. The molecule has 0 fully saturated rings. The molecule has 0 spiro atoms. The number of benzene rings is 3. The number of anilines is 1. The van der Waals surface area contributed by atoms with E-state index in [0.717, 1.165) is 14.7 Å². The predicted octanol–water partition coefficient (Wildman–Crippen LogP) is 5.05. The molecular weight excluding hydrogens is 566 g/mol. The summed E-state index contributed by atoms with van der Waals surface area (Å²) >= 11 is 4.89. The number of nitrogens with one attached hydrogen (secondary N) is 1. The second-order valence-corrected chi connectivity index (χ2v) is 11.2. The topological polar surface area (TPSA) is 99.0 Å². The Morgan fingerprint density at radius 2 is 1.89 bits per heavy atom. The monoisotopic (exact) mass is 589 g/mol. The van der Waals surface area contributed by atoms with Crippen molar-refractivity contribution in [2.45, 2.75) is 18.4 Å². The van der Waals surface area contributed by atoms with Crippen LogP contribution < -0.4 is 14.3 Å². The van der Waals surface area contributed by atoms with E-state index in [4.69, 9.17) is 9.47 Å². The summed E-state index contributed by atoms with van der Waals surface area (Å²) in [5.74, 6) is 0.0755. The molecule has 0 aliphatic heterocycles. The molecule has 0 unspecified atom stereocenters. The van der Waals surface area contributed by atoms with Gasteiger partial charge < -0.3 is 14.0 Å². The molecule has 4 rings (SSSR count). The van der Waals surface area contributed by atoms with Crippen molar-refractivity contribution in [1.29, 1.82) is 0 Å². The Balaban J connectivity index is 1.63. The summed E-state index contributed by atoms with van der Waals surface area (Å²) in [7, 11) is -2.34. The van der Waals surface area contributed by atoms with Gasteiger partial charge in [0.15, 0.2) is 4.80 Å². The number of aromatic nitrogens is 1. The molecule has 1 aromatic heterocycles. The highest BCUT2D eigenvalue weighted by molar-refractivity contribution is 9.10. The second kappa shape index (κ2) is 11.4. The lowest BCUT2D eigenvalue weighted by Gasteiger charge is -2.09. The second-order valence-electron chi connectivity index (χ2n) is 7.62. The number of carbonyl (C=O) groups is 1. The first-order valence-electron chi connectivity index (χ1n) is 11.0. The fraction of sp³-hybridized carbons (Fsp3) is 0.200. The minimum Gasteiger partial charge on any atom is -0.497 e. The number of carbonyl (C=O) groups excluding carboxylic acids is 1. The Hall–Kier alpha value is -2.99. The van der Waals surface area contributed by atoms with Crippen LogP contribution in [0, 0.1) is 0 Å². The third-order valence-electron chi connectivity index (χ3n) is 5.24. The highest BCUT2D eigenvalue weighted by atomic mass is 79.9. The van der Waals surface area contributed by atoms with Gasteiger partial charge in [0.25, 0.3) is 15.9 Å². The number of amides is 1. The summed E-state index contributed by atoms with van der Waals surface area (Å²) in [4.78, 5) is 18.1. The van der Waals surface area contributed by atoms with Crippen LogP contribution in [0.25, 0.3) is 10.2 Å². The number of rotatable bonds is 9. The smallest absolute Gasteiger partial charge is 0.279 e. The molecule has 0 aliphatic carbocycles. The van der Waals surface area contributed by atoms with Gasteiger partial charge in [0, 0.05) is 28.9 Å². The maximum absolute atomic E-state index is 13.1. The lowest BCUT2D eigenvalue weighted by molar-refractivity contribution is 0.0996. The third kappa shape index (κ3) is 6.04. The molecule has 3 aromatic carbocycles. The number of halogens is 1. The Morgan fingerprint density at radius 1 is 1.11 bits per heavy atom. The maximum atomic E-state index is 13.1. The van der Waals surface area contributed by atoms with Crippen molar-refractivity contribution in [3.8, 4) is 5.75 Å². The molecule has 188 valence electrons. The van der Waals surface area contributed by atoms with Crippen molar-refractivity contribution >= 4 is 59.1 Å². The molecule has 0 radical (unpaired) electrons. The van der Waals surface area contributed by atoms with Gasteiger partial charge in [-0.1, -0.05) is 33.3 Å². The number of hydrogen-bond acceptors (Lipinski definition) is 6. The number of ether oxygens (including phenoxy) is 2. The first-order valence-corrected chi connectivity index (χ1v) is 14.1. The van der Waals surface area contributed by atoms with Crippen LogP contribution in [0.15, 0.2) is 81.1 Å². The summed E-state index contributed by atoms with van der Waals surface area (Å²) in [6.45, 7) is 3.56. The van der Waals surface area contributed by atoms with Crippen LogP contribution in [0.3, 0.4) is 0 Å². The number of hydrogen-bond donors (Lipinski definition) is 1. The zero-order valence-electron chi connectivity index (χ0n) is 19.6. The van der Waals surface area contributed by atoms with Crippen molar-refractivity contribution in [1.82, 2.24) is 4.57 Å². The van der Waals surface area contributed by atoms with Crippen LogP contribution >= 0.6 is 27.3 Å². The van der Waals surface area contributed by atoms with E-state index in [1.54, 1.807) is 30.3 Å². The molecule has 8 nitrogen and oxygen atoms in total. The van der Waals surface area contributed by atoms with Crippen molar-refractivity contribution in [3.05, 3.63) is 81.6 Å². The maximum Gasteiger partial charge on any atom is 0.279 e. The highest BCUT2D eigenvalue weighted by Crippen LogP contribution is 2.23. The van der Waals surface area contributed by atoms with E-state index in [9.17, 15) is 13.2 Å². The summed E-state index contributed by atoms with van der Waals surface area (Å²) in [6, 6.07) is 18.2. The fourth-order valence-electron chi connectivity index (χ4n) is 3.48. The van der Waals surface area contributed by atoms with Gasteiger partial charge >= 0.3 is 0 Å². The van der Waals surface area contributed by atoms with E-state index >= 15 is 0 Å². The number of fused-ring (bicyclic) bond motifs is 1. The van der Waals surface area contributed by atoms with Crippen LogP contribution in [0.4, 0.5) is 5.69 Å². The molecule has 0 bridgehead atoms. The largest absolute Gasteiger partial charge is 0.497 e. The van der Waals surface area contributed by atoms with Gasteiger partial charge in [-0.05, 0) is 67.6 Å². The first kappa shape index (κ1) is 26.1. The normalized spacial score (nSPS) is 12.1. The summed E-state index contributed by atoms with van der Waals surface area (Å²) < 4.78 is 42.6. The van der Waals surface area contributed by atoms with Gasteiger partial charge in [-0.3, -0.25) is 9.52 Å². The van der Waals surface area contributed by atoms with Crippen LogP contribution in [-0.2, 0) is 21.3 Å². The molecule has 4 aromatic rings. The van der Waals surface area contributed by atoms with E-state index in [1.807, 2.05) is 29.7 Å². The zero-order valence-corrected chi connectivity index (χ0v) is 22.8. The van der Waals surface area contributed by atoms with Gasteiger partial charge in [-0.25, -0.2) is 8.42 Å². The van der Waals surface area contributed by atoms with E-state index in [-0.39, 0.29) is 16.1 Å². The molecule has 1 N–H and O–H groups in total. The van der Waals surface area contributed by atoms with Crippen LogP contribution in [0.5, 0.6) is 5.75 Å². The highest BCUT2D eigenvalue weighted by Gasteiger charge is 2.16. The van der Waals surface area contributed by atoms with Crippen LogP contribution in [-0.4, -0.2) is 39.2 Å². The van der Waals surface area contributed by atoms with Crippen molar-refractivity contribution in [3.63, 3.8) is 0 Å². The van der Waals surface area contributed by atoms with Crippen molar-refractivity contribution in [2.24, 2.45) is 4.99 Å². The Morgan fingerprint density at radius 3 is 2.61 bits per heavy atom. The van der Waals surface area contributed by atoms with Crippen LogP contribution in [0.1, 0.15) is 17.3 Å². The molecule has 11 heteroatoms. The minimum absolute atomic E-state index is 0.0801. The molecule has 1 amide bonds. The number of methoxy groups -OCH3 is 1. The molecule has 0 atom stereocenters. The van der Waals surface area contributed by atoms with E-state index in [2.05, 4.69) is 25.6 Å². The number of sulfonamides is 1. The van der Waals surface area contributed by atoms with Gasteiger partial charge in [0.2, 0.25) is 0 Å². The lowest BCUT2D eigenvalue weighted by atomic mass is 10.2. The summed E-state index contributed by atoms with van der Waals surface area (Å²) in [5, 5.41) is 0. The Kier molecular flexibility index (Phi) is 8.24. The van der Waals surface area contributed by atoms with E-state index in [0.29, 0.717) is 30.3 Å². The SMILES string of the molecule is CCOCCn1c(=NC(=O)c2cccc(NS(=O)(=O)c3ccc(OC)cc3)c2)sc2cc(Br)ccc21. The minimum atomic E-state index is -3.85. The van der Waals surface area contributed by atoms with Gasteiger partial charge in [-0.15, -0.1) is 0 Å². The fourth-order valence-corrected chi connectivity index (χ4v) is 6.14. The van der Waals surface area contributed by atoms with E-state index < -0.39 is 15.9 Å². The third-order valence-corrected chi connectivity index (χ3v) is 8.17. The Bertz CT molecular complexity index is 1560. The van der Waals surface area contributed by atoms with Crippen molar-refractivity contribution in [2.75, 3.05) is 25.0 Å². The molecule has 0 saturated heterocycles. The molecule has 1 heterocycles. The quantitative estimate of drug-likeness (QED) is 0.275. The van der Waals surface area contributed by atoms with Crippen molar-refractivity contribution < 1.29 is 22.7 Å².